The summed E-state index contributed by atoms with van der Waals surface area (Å²) in [5, 5.41) is 2.67. The highest BCUT2D eigenvalue weighted by molar-refractivity contribution is 7.89. The molecule has 0 aromatic heterocycles. The molecule has 1 amide bonds. The SMILES string of the molecule is Cc1cc2c(cc1S(=O)(=O)N1CCOCC1)OCC(=O)N2. The van der Waals surface area contributed by atoms with Crippen molar-refractivity contribution in [1.29, 1.82) is 0 Å². The monoisotopic (exact) mass is 312 g/mol. The van der Waals surface area contributed by atoms with Crippen molar-refractivity contribution >= 4 is 21.6 Å². The maximum atomic E-state index is 12.7. The van der Waals surface area contributed by atoms with Gasteiger partial charge in [0, 0.05) is 19.2 Å². The number of morpholine rings is 1. The lowest BCUT2D eigenvalue weighted by molar-refractivity contribution is -0.118. The zero-order chi connectivity index (χ0) is 15.0. The second kappa shape index (κ2) is 5.28. The summed E-state index contributed by atoms with van der Waals surface area (Å²) in [6, 6.07) is 3.11. The number of benzene rings is 1. The molecule has 1 aromatic carbocycles. The lowest BCUT2D eigenvalue weighted by Gasteiger charge is -2.27. The van der Waals surface area contributed by atoms with Gasteiger partial charge >= 0.3 is 0 Å². The number of hydrogen-bond donors (Lipinski definition) is 1. The zero-order valence-electron chi connectivity index (χ0n) is 11.6. The molecule has 1 fully saturated rings. The molecule has 0 atom stereocenters. The Bertz CT molecular complexity index is 680. The number of sulfonamides is 1. The number of rotatable bonds is 2. The number of amides is 1. The first-order chi connectivity index (χ1) is 9.98. The van der Waals surface area contributed by atoms with Gasteiger partial charge in [0.05, 0.1) is 23.8 Å². The van der Waals surface area contributed by atoms with Gasteiger partial charge in [-0.15, -0.1) is 0 Å². The quantitative estimate of drug-likeness (QED) is 0.851. The van der Waals surface area contributed by atoms with Gasteiger partial charge in [-0.3, -0.25) is 4.79 Å². The largest absolute Gasteiger partial charge is 0.482 e. The maximum Gasteiger partial charge on any atom is 0.262 e. The summed E-state index contributed by atoms with van der Waals surface area (Å²) in [6.07, 6.45) is 0. The normalized spacial score (nSPS) is 19.6. The molecule has 0 unspecified atom stereocenters. The van der Waals surface area contributed by atoms with E-state index in [-0.39, 0.29) is 17.4 Å². The molecule has 0 spiro atoms. The van der Waals surface area contributed by atoms with E-state index in [1.165, 1.54) is 10.4 Å². The van der Waals surface area contributed by atoms with E-state index >= 15 is 0 Å². The van der Waals surface area contributed by atoms with Crippen LogP contribution in [-0.4, -0.2) is 51.5 Å². The van der Waals surface area contributed by atoms with Crippen molar-refractivity contribution in [1.82, 2.24) is 4.31 Å². The molecular weight excluding hydrogens is 296 g/mol. The fraction of sp³-hybridized carbons (Fsp3) is 0.462. The number of aryl methyl sites for hydroxylation is 1. The Kier molecular flexibility index (Phi) is 3.60. The molecule has 21 heavy (non-hydrogen) atoms. The van der Waals surface area contributed by atoms with Gasteiger partial charge in [0.2, 0.25) is 10.0 Å². The summed E-state index contributed by atoms with van der Waals surface area (Å²) in [4.78, 5) is 11.5. The first-order valence-corrected chi connectivity index (χ1v) is 8.08. The van der Waals surface area contributed by atoms with Crippen molar-refractivity contribution in [2.24, 2.45) is 0 Å². The summed E-state index contributed by atoms with van der Waals surface area (Å²) >= 11 is 0. The predicted molar refractivity (Wildman–Crippen MR) is 74.9 cm³/mol. The Morgan fingerprint density at radius 3 is 2.67 bits per heavy atom. The number of carbonyl (C=O) groups excluding carboxylic acids is 1. The number of fused-ring (bicyclic) bond motifs is 1. The average molecular weight is 312 g/mol. The van der Waals surface area contributed by atoms with Gasteiger partial charge in [0.15, 0.2) is 6.61 Å². The number of carbonyl (C=O) groups is 1. The highest BCUT2D eigenvalue weighted by Crippen LogP contribution is 2.34. The number of anilines is 1. The molecule has 0 radical (unpaired) electrons. The highest BCUT2D eigenvalue weighted by Gasteiger charge is 2.29. The van der Waals surface area contributed by atoms with Gasteiger partial charge in [-0.25, -0.2) is 8.42 Å². The van der Waals surface area contributed by atoms with Crippen molar-refractivity contribution in [3.8, 4) is 5.75 Å². The van der Waals surface area contributed by atoms with E-state index in [0.29, 0.717) is 43.3 Å². The molecule has 114 valence electrons. The molecule has 1 aromatic rings. The number of nitrogens with one attached hydrogen (secondary N) is 1. The molecule has 1 N–H and O–H groups in total. The van der Waals surface area contributed by atoms with Gasteiger partial charge in [-0.2, -0.15) is 4.31 Å². The third-order valence-electron chi connectivity index (χ3n) is 3.50. The van der Waals surface area contributed by atoms with Gasteiger partial charge in [0.25, 0.3) is 5.91 Å². The van der Waals surface area contributed by atoms with Crippen molar-refractivity contribution < 1.29 is 22.7 Å². The zero-order valence-corrected chi connectivity index (χ0v) is 12.4. The van der Waals surface area contributed by atoms with Crippen LogP contribution in [0.25, 0.3) is 0 Å². The van der Waals surface area contributed by atoms with Crippen LogP contribution in [0, 0.1) is 6.92 Å². The maximum absolute atomic E-state index is 12.7. The fourth-order valence-corrected chi connectivity index (χ4v) is 4.05. The Labute approximate surface area is 122 Å². The molecule has 1 saturated heterocycles. The van der Waals surface area contributed by atoms with E-state index in [1.807, 2.05) is 0 Å². The average Bonchev–Trinajstić information content (AvgIpc) is 2.47. The van der Waals surface area contributed by atoms with Gasteiger partial charge in [-0.1, -0.05) is 0 Å². The Balaban J connectivity index is 2.00. The summed E-state index contributed by atoms with van der Waals surface area (Å²) in [7, 11) is -3.58. The number of nitrogens with zero attached hydrogens (tertiary/aromatic N) is 1. The fourth-order valence-electron chi connectivity index (χ4n) is 2.42. The van der Waals surface area contributed by atoms with Crippen LogP contribution in [0.3, 0.4) is 0 Å². The van der Waals surface area contributed by atoms with E-state index in [0.717, 1.165) is 0 Å². The topological polar surface area (TPSA) is 84.9 Å². The Morgan fingerprint density at radius 1 is 1.24 bits per heavy atom. The third kappa shape index (κ3) is 2.61. The summed E-state index contributed by atoms with van der Waals surface area (Å²) in [6.45, 7) is 3.08. The second-order valence-electron chi connectivity index (χ2n) is 4.97. The highest BCUT2D eigenvalue weighted by atomic mass is 32.2. The van der Waals surface area contributed by atoms with Gasteiger partial charge in [0.1, 0.15) is 5.75 Å². The molecule has 0 saturated carbocycles. The minimum atomic E-state index is -3.58. The molecule has 8 heteroatoms. The van der Waals surface area contributed by atoms with Crippen LogP contribution in [-0.2, 0) is 19.6 Å². The first-order valence-electron chi connectivity index (χ1n) is 6.64. The lowest BCUT2D eigenvalue weighted by atomic mass is 10.2. The van der Waals surface area contributed by atoms with Crippen molar-refractivity contribution in [2.45, 2.75) is 11.8 Å². The molecule has 0 aliphatic carbocycles. The van der Waals surface area contributed by atoms with Crippen LogP contribution in [0.1, 0.15) is 5.56 Å². The van der Waals surface area contributed by atoms with E-state index in [1.54, 1.807) is 13.0 Å². The van der Waals surface area contributed by atoms with E-state index in [4.69, 9.17) is 9.47 Å². The van der Waals surface area contributed by atoms with E-state index in [9.17, 15) is 13.2 Å². The van der Waals surface area contributed by atoms with Gasteiger partial charge in [-0.05, 0) is 18.6 Å². The van der Waals surface area contributed by atoms with Crippen LogP contribution >= 0.6 is 0 Å². The van der Waals surface area contributed by atoms with Crippen LogP contribution < -0.4 is 10.1 Å². The van der Waals surface area contributed by atoms with Crippen LogP contribution in [0.4, 0.5) is 5.69 Å². The van der Waals surface area contributed by atoms with Gasteiger partial charge < -0.3 is 14.8 Å². The standard InChI is InChI=1S/C13H16N2O5S/c1-9-6-10-11(20-8-13(16)14-10)7-12(9)21(17,18)15-2-4-19-5-3-15/h6-7H,2-5,8H2,1H3,(H,14,16). The molecule has 2 heterocycles. The third-order valence-corrected chi connectivity index (χ3v) is 5.54. The first kappa shape index (κ1) is 14.3. The molecular formula is C13H16N2O5S. The molecule has 2 aliphatic rings. The number of ether oxygens (including phenoxy) is 2. The molecule has 2 aliphatic heterocycles. The summed E-state index contributed by atoms with van der Waals surface area (Å²) < 4.78 is 37.3. The summed E-state index contributed by atoms with van der Waals surface area (Å²) in [5.74, 6) is 0.137. The van der Waals surface area contributed by atoms with Crippen molar-refractivity contribution in [3.63, 3.8) is 0 Å². The van der Waals surface area contributed by atoms with Crippen LogP contribution in [0.15, 0.2) is 17.0 Å². The van der Waals surface area contributed by atoms with Crippen molar-refractivity contribution in [3.05, 3.63) is 17.7 Å². The Morgan fingerprint density at radius 2 is 1.95 bits per heavy atom. The summed E-state index contributed by atoms with van der Waals surface area (Å²) in [5.41, 5.74) is 1.08. The van der Waals surface area contributed by atoms with Crippen LogP contribution in [0.5, 0.6) is 5.75 Å². The Hall–Kier alpha value is -1.64. The van der Waals surface area contributed by atoms with E-state index < -0.39 is 10.0 Å². The lowest BCUT2D eigenvalue weighted by Crippen LogP contribution is -2.40. The molecule has 3 rings (SSSR count). The van der Waals surface area contributed by atoms with Crippen LogP contribution in [0.2, 0.25) is 0 Å². The molecule has 7 nitrogen and oxygen atoms in total. The van der Waals surface area contributed by atoms with E-state index in [2.05, 4.69) is 5.32 Å². The number of hydrogen-bond acceptors (Lipinski definition) is 5. The smallest absolute Gasteiger partial charge is 0.262 e. The minimum Gasteiger partial charge on any atom is -0.482 e. The minimum absolute atomic E-state index is 0.104. The van der Waals surface area contributed by atoms with Crippen molar-refractivity contribution in [2.75, 3.05) is 38.2 Å². The predicted octanol–water partition coefficient (Wildman–Crippen LogP) is 0.347. The molecule has 0 bridgehead atoms. The second-order valence-corrected chi connectivity index (χ2v) is 6.87.